The third kappa shape index (κ3) is 6.29. The number of benzene rings is 1. The van der Waals surface area contributed by atoms with Gasteiger partial charge < -0.3 is 19.9 Å². The average Bonchev–Trinajstić information content (AvgIpc) is 2.77. The zero-order chi connectivity index (χ0) is 21.3. The van der Waals surface area contributed by atoms with Gasteiger partial charge in [-0.2, -0.15) is 0 Å². The van der Waals surface area contributed by atoms with E-state index in [-0.39, 0.29) is 24.3 Å². The van der Waals surface area contributed by atoms with Gasteiger partial charge in [0.2, 0.25) is 5.91 Å². The predicted octanol–water partition coefficient (Wildman–Crippen LogP) is 0.529. The number of pyridine rings is 1. The van der Waals surface area contributed by atoms with Gasteiger partial charge in [-0.1, -0.05) is 32.0 Å². The topological polar surface area (TPSA) is 76.0 Å². The second-order valence-corrected chi connectivity index (χ2v) is 8.00. The molecule has 1 fully saturated rings. The lowest BCUT2D eigenvalue weighted by molar-refractivity contribution is -0.917. The van der Waals surface area contributed by atoms with Crippen LogP contribution in [0.2, 0.25) is 0 Å². The number of para-hydroxylation sites is 1. The van der Waals surface area contributed by atoms with Crippen molar-refractivity contribution in [3.8, 4) is 5.75 Å². The lowest BCUT2D eigenvalue weighted by atomic mass is 10.0. The molecule has 2 aromatic rings. The minimum absolute atomic E-state index is 0.000343. The van der Waals surface area contributed by atoms with E-state index in [4.69, 9.17) is 4.74 Å². The van der Waals surface area contributed by atoms with Crippen LogP contribution in [0.5, 0.6) is 5.75 Å². The van der Waals surface area contributed by atoms with Gasteiger partial charge in [-0.05, 0) is 30.2 Å². The average molecular weight is 412 g/mol. The zero-order valence-electron chi connectivity index (χ0n) is 17.7. The number of ether oxygens (including phenoxy) is 1. The maximum Gasteiger partial charge on any atom is 0.258 e. The molecular formula is C23H31N4O3+. The second-order valence-electron chi connectivity index (χ2n) is 8.00. The van der Waals surface area contributed by atoms with Gasteiger partial charge in [-0.15, -0.1) is 0 Å². The van der Waals surface area contributed by atoms with Gasteiger partial charge in [0, 0.05) is 18.0 Å². The van der Waals surface area contributed by atoms with E-state index in [1.807, 2.05) is 61.5 Å². The molecule has 1 aliphatic heterocycles. The minimum Gasteiger partial charge on any atom is -0.484 e. The van der Waals surface area contributed by atoms with Crippen LogP contribution in [0.25, 0.3) is 0 Å². The highest BCUT2D eigenvalue weighted by molar-refractivity contribution is 5.88. The van der Waals surface area contributed by atoms with E-state index < -0.39 is 6.04 Å². The van der Waals surface area contributed by atoms with E-state index >= 15 is 0 Å². The highest BCUT2D eigenvalue weighted by Gasteiger charge is 2.31. The number of hydrogen-bond acceptors (Lipinski definition) is 4. The summed E-state index contributed by atoms with van der Waals surface area (Å²) in [5.74, 6) is 0.336. The summed E-state index contributed by atoms with van der Waals surface area (Å²) in [6, 6.07) is 12.7. The van der Waals surface area contributed by atoms with Crippen LogP contribution in [0.4, 0.5) is 0 Å². The summed E-state index contributed by atoms with van der Waals surface area (Å²) in [5.41, 5.74) is 1.26. The number of nitrogens with one attached hydrogen (secondary N) is 2. The first-order valence-electron chi connectivity index (χ1n) is 10.5. The maximum absolute atomic E-state index is 13.1. The molecule has 3 rings (SSSR count). The van der Waals surface area contributed by atoms with Crippen LogP contribution in [0.15, 0.2) is 54.9 Å². The number of hydrogen-bond donors (Lipinski definition) is 2. The number of quaternary nitrogens is 1. The van der Waals surface area contributed by atoms with Crippen molar-refractivity contribution in [1.82, 2.24) is 15.2 Å². The summed E-state index contributed by atoms with van der Waals surface area (Å²) in [4.78, 5) is 32.8. The summed E-state index contributed by atoms with van der Waals surface area (Å²) in [5, 5.41) is 2.87. The largest absolute Gasteiger partial charge is 0.484 e. The van der Waals surface area contributed by atoms with Gasteiger partial charge in [0.1, 0.15) is 18.3 Å². The Morgan fingerprint density at radius 2 is 1.77 bits per heavy atom. The summed E-state index contributed by atoms with van der Waals surface area (Å²) in [6.07, 6.45) is 3.62. The predicted molar refractivity (Wildman–Crippen MR) is 114 cm³/mol. The maximum atomic E-state index is 13.1. The van der Waals surface area contributed by atoms with Crippen LogP contribution in [0, 0.1) is 5.92 Å². The Kier molecular flexibility index (Phi) is 7.79. The molecule has 0 unspecified atom stereocenters. The van der Waals surface area contributed by atoms with Crippen LogP contribution in [-0.2, 0) is 16.1 Å². The lowest BCUT2D eigenvalue weighted by Crippen LogP contribution is -3.13. The van der Waals surface area contributed by atoms with Crippen molar-refractivity contribution in [3.63, 3.8) is 0 Å². The molecule has 0 aliphatic carbocycles. The monoisotopic (exact) mass is 411 g/mol. The first-order chi connectivity index (χ1) is 14.5. The van der Waals surface area contributed by atoms with Crippen molar-refractivity contribution in [3.05, 3.63) is 60.4 Å². The van der Waals surface area contributed by atoms with Crippen LogP contribution < -0.4 is 15.0 Å². The fraction of sp³-hybridized carbons (Fsp3) is 0.435. The standard InChI is InChI=1S/C23H30N4O3/c1-18(2)22(25-21(28)17-30-20-6-4-3-5-7-20)23(29)27-14-12-26(13-15-27)16-19-8-10-24-11-9-19/h3-11,18,22H,12-17H2,1-2H3,(H,25,28)/p+1/t22-/m0/s1. The van der Waals surface area contributed by atoms with Crippen molar-refractivity contribution in [2.45, 2.75) is 26.4 Å². The fourth-order valence-electron chi connectivity index (χ4n) is 3.60. The number of piperazine rings is 1. The van der Waals surface area contributed by atoms with Gasteiger partial charge in [0.05, 0.1) is 26.2 Å². The first kappa shape index (κ1) is 21.8. The number of amides is 2. The van der Waals surface area contributed by atoms with E-state index in [0.29, 0.717) is 18.8 Å². The number of carbonyl (C=O) groups excluding carboxylic acids is 2. The zero-order valence-corrected chi connectivity index (χ0v) is 17.7. The normalized spacial score (nSPS) is 15.6. The van der Waals surface area contributed by atoms with Crippen LogP contribution in [0.1, 0.15) is 19.4 Å². The number of carbonyl (C=O) groups is 2. The molecule has 1 aromatic heterocycles. The number of nitrogens with zero attached hydrogens (tertiary/aromatic N) is 2. The molecule has 2 heterocycles. The van der Waals surface area contributed by atoms with Gasteiger partial charge >= 0.3 is 0 Å². The quantitative estimate of drug-likeness (QED) is 0.665. The SMILES string of the molecule is CC(C)[C@H](NC(=O)COc1ccccc1)C(=O)N1CC[NH+](Cc2ccncc2)CC1. The Morgan fingerprint density at radius 1 is 1.10 bits per heavy atom. The summed E-state index contributed by atoms with van der Waals surface area (Å²) in [6.45, 7) is 7.90. The van der Waals surface area contributed by atoms with Gasteiger partial charge in [-0.3, -0.25) is 14.6 Å². The minimum atomic E-state index is -0.543. The summed E-state index contributed by atoms with van der Waals surface area (Å²) in [7, 11) is 0. The second kappa shape index (κ2) is 10.7. The lowest BCUT2D eigenvalue weighted by Gasteiger charge is -2.35. The van der Waals surface area contributed by atoms with Crippen LogP contribution in [0.3, 0.4) is 0 Å². The molecule has 160 valence electrons. The highest BCUT2D eigenvalue weighted by atomic mass is 16.5. The van der Waals surface area contributed by atoms with Crippen molar-refractivity contribution in [2.24, 2.45) is 5.92 Å². The Hall–Kier alpha value is -2.93. The Bertz CT molecular complexity index is 806. The van der Waals surface area contributed by atoms with E-state index in [2.05, 4.69) is 10.3 Å². The van der Waals surface area contributed by atoms with Gasteiger partial charge in [0.25, 0.3) is 5.91 Å². The molecule has 2 N–H and O–H groups in total. The summed E-state index contributed by atoms with van der Waals surface area (Å²) < 4.78 is 5.50. The van der Waals surface area contributed by atoms with E-state index in [0.717, 1.165) is 19.6 Å². The first-order valence-corrected chi connectivity index (χ1v) is 10.5. The molecule has 1 aromatic carbocycles. The molecule has 30 heavy (non-hydrogen) atoms. The van der Waals surface area contributed by atoms with Crippen molar-refractivity contribution < 1.29 is 19.2 Å². The van der Waals surface area contributed by atoms with Gasteiger partial charge in [-0.25, -0.2) is 0 Å². The molecule has 0 radical (unpaired) electrons. The number of aromatic nitrogens is 1. The van der Waals surface area contributed by atoms with Crippen LogP contribution >= 0.6 is 0 Å². The number of rotatable bonds is 8. The molecule has 0 saturated carbocycles. The third-order valence-electron chi connectivity index (χ3n) is 5.35. The molecular weight excluding hydrogens is 380 g/mol. The molecule has 7 heteroatoms. The molecule has 1 atom stereocenters. The fourth-order valence-corrected chi connectivity index (χ4v) is 3.60. The Labute approximate surface area is 178 Å². The van der Waals surface area contributed by atoms with Crippen LogP contribution in [-0.4, -0.2) is 60.5 Å². The Morgan fingerprint density at radius 3 is 2.40 bits per heavy atom. The summed E-state index contributed by atoms with van der Waals surface area (Å²) >= 11 is 0. The van der Waals surface area contributed by atoms with Gasteiger partial charge in [0.15, 0.2) is 6.61 Å². The smallest absolute Gasteiger partial charge is 0.258 e. The highest BCUT2D eigenvalue weighted by Crippen LogP contribution is 2.09. The third-order valence-corrected chi connectivity index (χ3v) is 5.35. The molecule has 7 nitrogen and oxygen atoms in total. The molecule has 0 bridgehead atoms. The molecule has 0 spiro atoms. The van der Waals surface area contributed by atoms with Crippen molar-refractivity contribution in [2.75, 3.05) is 32.8 Å². The van der Waals surface area contributed by atoms with Crippen molar-refractivity contribution >= 4 is 11.8 Å². The van der Waals surface area contributed by atoms with E-state index in [1.165, 1.54) is 10.5 Å². The Balaban J connectivity index is 1.48. The molecule has 1 saturated heterocycles. The molecule has 2 amide bonds. The van der Waals surface area contributed by atoms with E-state index in [9.17, 15) is 9.59 Å². The molecule has 1 aliphatic rings. The van der Waals surface area contributed by atoms with Crippen molar-refractivity contribution in [1.29, 1.82) is 0 Å². The van der Waals surface area contributed by atoms with E-state index in [1.54, 1.807) is 12.1 Å².